The SMILES string of the molecule is CCn1c(N)c(NC2CCCC2CO)c(=O)[nH]c1=O. The van der Waals surface area contributed by atoms with Crippen molar-refractivity contribution < 1.29 is 5.11 Å². The number of aliphatic hydroxyl groups is 1. The van der Waals surface area contributed by atoms with Crippen molar-refractivity contribution in [2.24, 2.45) is 5.92 Å². The molecule has 1 fully saturated rings. The van der Waals surface area contributed by atoms with Gasteiger partial charge >= 0.3 is 5.69 Å². The van der Waals surface area contributed by atoms with Crippen molar-refractivity contribution in [1.82, 2.24) is 9.55 Å². The molecule has 0 spiro atoms. The Hall–Kier alpha value is -1.76. The topological polar surface area (TPSA) is 113 Å². The van der Waals surface area contributed by atoms with Crippen LogP contribution in [0.3, 0.4) is 0 Å². The zero-order valence-electron chi connectivity index (χ0n) is 11.0. The summed E-state index contributed by atoms with van der Waals surface area (Å²) in [5.41, 5.74) is 5.10. The van der Waals surface area contributed by atoms with Crippen molar-refractivity contribution in [3.8, 4) is 0 Å². The lowest BCUT2D eigenvalue weighted by Gasteiger charge is -2.21. The van der Waals surface area contributed by atoms with E-state index in [-0.39, 0.29) is 30.1 Å². The summed E-state index contributed by atoms with van der Waals surface area (Å²) in [6.07, 6.45) is 2.82. The van der Waals surface area contributed by atoms with Crippen molar-refractivity contribution in [3.05, 3.63) is 20.8 Å². The largest absolute Gasteiger partial charge is 0.396 e. The summed E-state index contributed by atoms with van der Waals surface area (Å²) in [6, 6.07) is 0.0243. The lowest BCUT2D eigenvalue weighted by Crippen LogP contribution is -2.36. The van der Waals surface area contributed by atoms with Gasteiger partial charge in [0.2, 0.25) is 0 Å². The summed E-state index contributed by atoms with van der Waals surface area (Å²) in [5, 5.41) is 12.4. The first-order valence-corrected chi connectivity index (χ1v) is 6.58. The van der Waals surface area contributed by atoms with Crippen LogP contribution in [-0.4, -0.2) is 27.3 Å². The van der Waals surface area contributed by atoms with Crippen LogP contribution >= 0.6 is 0 Å². The maximum absolute atomic E-state index is 11.8. The van der Waals surface area contributed by atoms with Crippen molar-refractivity contribution in [3.63, 3.8) is 0 Å². The molecule has 1 heterocycles. The monoisotopic (exact) mass is 268 g/mol. The van der Waals surface area contributed by atoms with Crippen LogP contribution in [0, 0.1) is 5.92 Å². The molecular formula is C12H20N4O3. The lowest BCUT2D eigenvalue weighted by atomic mass is 10.1. The Bertz CT molecular complexity index is 563. The van der Waals surface area contributed by atoms with Gasteiger partial charge in [0.25, 0.3) is 5.56 Å². The van der Waals surface area contributed by atoms with E-state index in [1.54, 1.807) is 6.92 Å². The second kappa shape index (κ2) is 5.48. The zero-order valence-corrected chi connectivity index (χ0v) is 11.0. The number of rotatable bonds is 4. The Kier molecular flexibility index (Phi) is 3.94. The number of anilines is 2. The van der Waals surface area contributed by atoms with Crippen molar-refractivity contribution in [2.45, 2.75) is 38.8 Å². The van der Waals surface area contributed by atoms with Crippen LogP contribution in [-0.2, 0) is 6.54 Å². The minimum absolute atomic E-state index is 0.0243. The summed E-state index contributed by atoms with van der Waals surface area (Å²) in [7, 11) is 0. The molecular weight excluding hydrogens is 248 g/mol. The molecule has 0 amide bonds. The summed E-state index contributed by atoms with van der Waals surface area (Å²) in [5.74, 6) is 0.278. The van der Waals surface area contributed by atoms with E-state index < -0.39 is 11.2 Å². The molecule has 5 N–H and O–H groups in total. The smallest absolute Gasteiger partial charge is 0.330 e. The average molecular weight is 268 g/mol. The van der Waals surface area contributed by atoms with Gasteiger partial charge in [0.15, 0.2) is 0 Å². The normalized spacial score (nSPS) is 22.6. The molecule has 2 atom stereocenters. The van der Waals surface area contributed by atoms with Crippen molar-refractivity contribution in [1.29, 1.82) is 0 Å². The predicted octanol–water partition coefficient (Wildman–Crippen LogP) is -0.288. The highest BCUT2D eigenvalue weighted by Crippen LogP contribution is 2.28. The Morgan fingerprint density at radius 1 is 1.47 bits per heavy atom. The summed E-state index contributed by atoms with van der Waals surface area (Å²) in [4.78, 5) is 25.7. The number of nitrogens with zero attached hydrogens (tertiary/aromatic N) is 1. The highest BCUT2D eigenvalue weighted by Gasteiger charge is 2.28. The molecule has 1 saturated carbocycles. The van der Waals surface area contributed by atoms with E-state index >= 15 is 0 Å². The van der Waals surface area contributed by atoms with E-state index in [0.29, 0.717) is 6.54 Å². The maximum Gasteiger partial charge on any atom is 0.330 e. The molecule has 0 bridgehead atoms. The van der Waals surface area contributed by atoms with Gasteiger partial charge < -0.3 is 16.2 Å². The number of aromatic amines is 1. The van der Waals surface area contributed by atoms with Crippen LogP contribution in [0.5, 0.6) is 0 Å². The molecule has 2 rings (SSSR count). The third-order valence-electron chi connectivity index (χ3n) is 3.78. The Labute approximate surface area is 110 Å². The number of nitrogens with one attached hydrogen (secondary N) is 2. The van der Waals surface area contributed by atoms with Crippen LogP contribution in [0.1, 0.15) is 26.2 Å². The molecule has 106 valence electrons. The molecule has 1 aromatic heterocycles. The number of hydrogen-bond acceptors (Lipinski definition) is 5. The summed E-state index contributed by atoms with van der Waals surface area (Å²) >= 11 is 0. The minimum atomic E-state index is -0.504. The van der Waals surface area contributed by atoms with Crippen LogP contribution in [0.25, 0.3) is 0 Å². The fraction of sp³-hybridized carbons (Fsp3) is 0.667. The summed E-state index contributed by atoms with van der Waals surface area (Å²) < 4.78 is 1.31. The van der Waals surface area contributed by atoms with Gasteiger partial charge in [-0.1, -0.05) is 6.42 Å². The Morgan fingerprint density at radius 2 is 2.21 bits per heavy atom. The molecule has 1 aliphatic rings. The highest BCUT2D eigenvalue weighted by atomic mass is 16.3. The molecule has 0 aliphatic heterocycles. The second-order valence-corrected chi connectivity index (χ2v) is 4.89. The van der Waals surface area contributed by atoms with Gasteiger partial charge in [-0.05, 0) is 19.8 Å². The van der Waals surface area contributed by atoms with Gasteiger partial charge in [-0.25, -0.2) is 4.79 Å². The van der Waals surface area contributed by atoms with Gasteiger partial charge in [0.05, 0.1) is 0 Å². The van der Waals surface area contributed by atoms with E-state index in [4.69, 9.17) is 5.73 Å². The number of nitrogen functional groups attached to an aromatic ring is 1. The van der Waals surface area contributed by atoms with E-state index in [0.717, 1.165) is 19.3 Å². The molecule has 2 unspecified atom stereocenters. The van der Waals surface area contributed by atoms with Gasteiger partial charge in [0.1, 0.15) is 11.5 Å². The number of H-pyrrole nitrogens is 1. The number of aromatic nitrogens is 2. The number of aliphatic hydroxyl groups excluding tert-OH is 1. The first kappa shape index (κ1) is 13.7. The predicted molar refractivity (Wildman–Crippen MR) is 73.2 cm³/mol. The standard InChI is InChI=1S/C12H20N4O3/c1-2-16-10(13)9(11(18)15-12(16)19)14-8-5-3-4-7(8)6-17/h7-8,14,17H,2-6,13H2,1H3,(H,15,18,19). The first-order chi connectivity index (χ1) is 9.08. The highest BCUT2D eigenvalue weighted by molar-refractivity contribution is 5.61. The summed E-state index contributed by atoms with van der Waals surface area (Å²) in [6.45, 7) is 2.26. The van der Waals surface area contributed by atoms with Crippen LogP contribution in [0.4, 0.5) is 11.5 Å². The van der Waals surface area contributed by atoms with E-state index in [9.17, 15) is 14.7 Å². The number of hydrogen-bond donors (Lipinski definition) is 4. The first-order valence-electron chi connectivity index (χ1n) is 6.58. The fourth-order valence-corrected chi connectivity index (χ4v) is 2.67. The molecule has 0 saturated heterocycles. The van der Waals surface area contributed by atoms with Gasteiger partial charge in [-0.3, -0.25) is 14.3 Å². The molecule has 1 aromatic rings. The van der Waals surface area contributed by atoms with E-state index in [2.05, 4.69) is 10.3 Å². The minimum Gasteiger partial charge on any atom is -0.396 e. The Balaban J connectivity index is 2.35. The van der Waals surface area contributed by atoms with Crippen molar-refractivity contribution >= 4 is 11.5 Å². The fourth-order valence-electron chi connectivity index (χ4n) is 2.67. The quantitative estimate of drug-likeness (QED) is 0.599. The lowest BCUT2D eigenvalue weighted by molar-refractivity contribution is 0.222. The van der Waals surface area contributed by atoms with Gasteiger partial charge in [0, 0.05) is 25.1 Å². The van der Waals surface area contributed by atoms with Crippen molar-refractivity contribution in [2.75, 3.05) is 17.7 Å². The maximum atomic E-state index is 11.8. The molecule has 0 aromatic carbocycles. The zero-order chi connectivity index (χ0) is 14.0. The van der Waals surface area contributed by atoms with Crippen LogP contribution in [0.2, 0.25) is 0 Å². The van der Waals surface area contributed by atoms with E-state index in [1.807, 2.05) is 0 Å². The van der Waals surface area contributed by atoms with Crippen LogP contribution in [0.15, 0.2) is 9.59 Å². The molecule has 1 aliphatic carbocycles. The van der Waals surface area contributed by atoms with Gasteiger partial charge in [-0.15, -0.1) is 0 Å². The average Bonchev–Trinajstić information content (AvgIpc) is 2.82. The third-order valence-corrected chi connectivity index (χ3v) is 3.78. The molecule has 7 nitrogen and oxygen atoms in total. The molecule has 19 heavy (non-hydrogen) atoms. The Morgan fingerprint density at radius 3 is 2.84 bits per heavy atom. The molecule has 7 heteroatoms. The number of nitrogens with two attached hydrogens (primary N) is 1. The second-order valence-electron chi connectivity index (χ2n) is 4.89. The van der Waals surface area contributed by atoms with Crippen LogP contribution < -0.4 is 22.3 Å². The molecule has 0 radical (unpaired) electrons. The van der Waals surface area contributed by atoms with E-state index in [1.165, 1.54) is 4.57 Å². The van der Waals surface area contributed by atoms with Gasteiger partial charge in [-0.2, -0.15) is 0 Å². The third kappa shape index (κ3) is 2.51.